The molecule has 6 nitrogen and oxygen atoms in total. The Morgan fingerprint density at radius 1 is 1.23 bits per heavy atom. The van der Waals surface area contributed by atoms with Gasteiger partial charge in [-0.2, -0.15) is 0 Å². The average Bonchev–Trinajstić information content (AvgIpc) is 3.36. The van der Waals surface area contributed by atoms with Gasteiger partial charge in [0.15, 0.2) is 9.84 Å². The molecule has 2 atom stereocenters. The zero-order chi connectivity index (χ0) is 21.1. The Balaban J connectivity index is 1.41. The predicted octanol–water partition coefficient (Wildman–Crippen LogP) is 3.02. The van der Waals surface area contributed by atoms with E-state index in [1.807, 2.05) is 17.9 Å². The fourth-order valence-electron chi connectivity index (χ4n) is 4.56. The first-order chi connectivity index (χ1) is 14.4. The third-order valence-electron chi connectivity index (χ3n) is 6.26. The maximum atomic E-state index is 12.8. The number of rotatable bonds is 7. The SMILES string of the molecule is C[C@H](NC(=O)CN(Cc1ccco1)[C@H]1CCS(=O)(=O)C1)c1ccc2c(c1)CCCC2. The number of nitrogens with zero attached hydrogens (tertiary/aromatic N) is 1. The number of carbonyl (C=O) groups excluding carboxylic acids is 1. The van der Waals surface area contributed by atoms with Crippen LogP contribution in [0.15, 0.2) is 41.0 Å². The largest absolute Gasteiger partial charge is 0.468 e. The maximum absolute atomic E-state index is 12.8. The normalized spacial score (nSPS) is 21.3. The summed E-state index contributed by atoms with van der Waals surface area (Å²) in [6, 6.07) is 9.93. The summed E-state index contributed by atoms with van der Waals surface area (Å²) >= 11 is 0. The van der Waals surface area contributed by atoms with Crippen molar-refractivity contribution in [1.82, 2.24) is 10.2 Å². The van der Waals surface area contributed by atoms with Gasteiger partial charge in [-0.3, -0.25) is 9.69 Å². The summed E-state index contributed by atoms with van der Waals surface area (Å²) in [5.74, 6) is 0.909. The minimum Gasteiger partial charge on any atom is -0.468 e. The second-order valence-electron chi connectivity index (χ2n) is 8.57. The van der Waals surface area contributed by atoms with Gasteiger partial charge in [0.2, 0.25) is 5.91 Å². The number of hydrogen-bond acceptors (Lipinski definition) is 5. The van der Waals surface area contributed by atoms with Crippen LogP contribution in [-0.2, 0) is 34.0 Å². The van der Waals surface area contributed by atoms with E-state index in [1.54, 1.807) is 12.3 Å². The molecule has 0 saturated carbocycles. The number of hydrogen-bond donors (Lipinski definition) is 1. The van der Waals surface area contributed by atoms with Crippen LogP contribution in [0.5, 0.6) is 0 Å². The summed E-state index contributed by atoms with van der Waals surface area (Å²) in [6.45, 7) is 2.57. The molecule has 162 valence electrons. The lowest BCUT2D eigenvalue weighted by atomic mass is 9.89. The Labute approximate surface area is 178 Å². The lowest BCUT2D eigenvalue weighted by Gasteiger charge is -2.27. The molecule has 1 aliphatic heterocycles. The molecule has 2 aromatic rings. The van der Waals surface area contributed by atoms with Gasteiger partial charge < -0.3 is 9.73 Å². The van der Waals surface area contributed by atoms with Crippen molar-refractivity contribution in [2.45, 2.75) is 57.7 Å². The molecule has 1 fully saturated rings. The van der Waals surface area contributed by atoms with Gasteiger partial charge in [-0.15, -0.1) is 0 Å². The van der Waals surface area contributed by atoms with E-state index in [9.17, 15) is 13.2 Å². The van der Waals surface area contributed by atoms with Crippen molar-refractivity contribution in [3.05, 3.63) is 59.0 Å². The molecule has 0 radical (unpaired) electrons. The first kappa shape index (κ1) is 21.1. The number of sulfone groups is 1. The molecule has 1 N–H and O–H groups in total. The van der Waals surface area contributed by atoms with E-state index in [4.69, 9.17) is 4.42 Å². The number of amides is 1. The number of aryl methyl sites for hydroxylation is 2. The zero-order valence-electron chi connectivity index (χ0n) is 17.5. The van der Waals surface area contributed by atoms with Crippen molar-refractivity contribution < 1.29 is 17.6 Å². The van der Waals surface area contributed by atoms with Gasteiger partial charge in [-0.05, 0) is 67.9 Å². The van der Waals surface area contributed by atoms with E-state index in [0.717, 1.165) is 24.2 Å². The topological polar surface area (TPSA) is 79.6 Å². The van der Waals surface area contributed by atoms with E-state index in [0.29, 0.717) is 13.0 Å². The van der Waals surface area contributed by atoms with Crippen LogP contribution in [0.2, 0.25) is 0 Å². The number of fused-ring (bicyclic) bond motifs is 1. The third-order valence-corrected chi connectivity index (χ3v) is 8.01. The van der Waals surface area contributed by atoms with Gasteiger partial charge >= 0.3 is 0 Å². The Morgan fingerprint density at radius 3 is 2.73 bits per heavy atom. The minimum atomic E-state index is -3.03. The molecule has 1 aromatic carbocycles. The van der Waals surface area contributed by atoms with Crippen molar-refractivity contribution in [1.29, 1.82) is 0 Å². The van der Waals surface area contributed by atoms with Crippen LogP contribution in [-0.4, -0.2) is 43.3 Å². The second kappa shape index (κ2) is 8.94. The summed E-state index contributed by atoms with van der Waals surface area (Å²) in [5.41, 5.74) is 3.94. The number of benzene rings is 1. The average molecular weight is 431 g/mol. The Bertz CT molecular complexity index is 985. The molecule has 1 saturated heterocycles. The Morgan fingerprint density at radius 2 is 2.03 bits per heavy atom. The monoisotopic (exact) mass is 430 g/mol. The molecule has 2 aliphatic rings. The number of furan rings is 1. The van der Waals surface area contributed by atoms with Crippen LogP contribution in [0.4, 0.5) is 0 Å². The molecule has 0 spiro atoms. The Hall–Kier alpha value is -2.12. The van der Waals surface area contributed by atoms with E-state index in [2.05, 4.69) is 23.5 Å². The van der Waals surface area contributed by atoms with Crippen molar-refractivity contribution in [2.24, 2.45) is 0 Å². The summed E-state index contributed by atoms with van der Waals surface area (Å²) in [4.78, 5) is 14.8. The second-order valence-corrected chi connectivity index (χ2v) is 10.8. The van der Waals surface area contributed by atoms with Crippen LogP contribution >= 0.6 is 0 Å². The van der Waals surface area contributed by atoms with Crippen molar-refractivity contribution in [3.8, 4) is 0 Å². The highest BCUT2D eigenvalue weighted by Gasteiger charge is 2.33. The predicted molar refractivity (Wildman–Crippen MR) is 116 cm³/mol. The molecule has 0 bridgehead atoms. The summed E-state index contributed by atoms with van der Waals surface area (Å²) in [6.07, 6.45) is 6.87. The lowest BCUT2D eigenvalue weighted by molar-refractivity contribution is -0.123. The van der Waals surface area contributed by atoms with Gasteiger partial charge in [0.1, 0.15) is 5.76 Å². The molecule has 1 aromatic heterocycles. The van der Waals surface area contributed by atoms with E-state index in [1.165, 1.54) is 24.0 Å². The molecule has 30 heavy (non-hydrogen) atoms. The first-order valence-corrected chi connectivity index (χ1v) is 12.6. The van der Waals surface area contributed by atoms with Crippen molar-refractivity contribution >= 4 is 15.7 Å². The summed E-state index contributed by atoms with van der Waals surface area (Å²) < 4.78 is 29.4. The molecule has 2 heterocycles. The molecule has 0 unspecified atom stereocenters. The minimum absolute atomic E-state index is 0.0949. The maximum Gasteiger partial charge on any atom is 0.234 e. The fourth-order valence-corrected chi connectivity index (χ4v) is 6.32. The molecule has 4 rings (SSSR count). The van der Waals surface area contributed by atoms with Gasteiger partial charge in [0.05, 0.1) is 36.9 Å². The van der Waals surface area contributed by atoms with E-state index < -0.39 is 9.84 Å². The van der Waals surface area contributed by atoms with Crippen LogP contribution < -0.4 is 5.32 Å². The highest BCUT2D eigenvalue weighted by atomic mass is 32.2. The van der Waals surface area contributed by atoms with Crippen LogP contribution in [0.25, 0.3) is 0 Å². The highest BCUT2D eigenvalue weighted by molar-refractivity contribution is 7.91. The Kier molecular flexibility index (Phi) is 6.29. The van der Waals surface area contributed by atoms with Crippen LogP contribution in [0.1, 0.15) is 54.7 Å². The number of carbonyl (C=O) groups is 1. The number of nitrogens with one attached hydrogen (secondary N) is 1. The summed E-state index contributed by atoms with van der Waals surface area (Å²) in [5, 5.41) is 3.10. The third kappa shape index (κ3) is 5.13. The molecule has 7 heteroatoms. The molecular weight excluding hydrogens is 400 g/mol. The van der Waals surface area contributed by atoms with Gasteiger partial charge in [0.25, 0.3) is 0 Å². The smallest absolute Gasteiger partial charge is 0.234 e. The van der Waals surface area contributed by atoms with Gasteiger partial charge in [-0.25, -0.2) is 8.42 Å². The molecular formula is C23H30N2O4S. The summed E-state index contributed by atoms with van der Waals surface area (Å²) in [7, 11) is -3.03. The van der Waals surface area contributed by atoms with Crippen molar-refractivity contribution in [3.63, 3.8) is 0 Å². The lowest BCUT2D eigenvalue weighted by Crippen LogP contribution is -2.43. The first-order valence-electron chi connectivity index (χ1n) is 10.8. The highest BCUT2D eigenvalue weighted by Crippen LogP contribution is 2.25. The van der Waals surface area contributed by atoms with Crippen molar-refractivity contribution in [2.75, 3.05) is 18.1 Å². The van der Waals surface area contributed by atoms with Crippen LogP contribution in [0, 0.1) is 0 Å². The van der Waals surface area contributed by atoms with Gasteiger partial charge in [0, 0.05) is 6.04 Å². The van der Waals surface area contributed by atoms with Crippen LogP contribution in [0.3, 0.4) is 0 Å². The fraction of sp³-hybridized carbons (Fsp3) is 0.522. The standard InChI is InChI=1S/C23H30N2O4S/c1-17(19-9-8-18-5-2-3-6-20(18)13-19)24-23(26)15-25(14-22-7-4-11-29-22)21-10-12-30(27,28)16-21/h4,7-9,11,13,17,21H,2-3,5-6,10,12,14-16H2,1H3,(H,24,26)/t17-,21-/m0/s1. The van der Waals surface area contributed by atoms with Gasteiger partial charge in [-0.1, -0.05) is 18.2 Å². The zero-order valence-corrected chi connectivity index (χ0v) is 18.3. The quantitative estimate of drug-likeness (QED) is 0.730. The van der Waals surface area contributed by atoms with E-state index >= 15 is 0 Å². The molecule has 1 aliphatic carbocycles. The van der Waals surface area contributed by atoms with E-state index in [-0.39, 0.29) is 36.0 Å². The molecule has 1 amide bonds.